The van der Waals surface area contributed by atoms with Gasteiger partial charge in [-0.3, -0.25) is 4.99 Å². The summed E-state index contributed by atoms with van der Waals surface area (Å²) in [6.45, 7) is 5.21. The van der Waals surface area contributed by atoms with Crippen molar-refractivity contribution in [1.29, 1.82) is 0 Å². The Morgan fingerprint density at radius 2 is 1.97 bits per heavy atom. The van der Waals surface area contributed by atoms with Crippen LogP contribution in [0.25, 0.3) is 0 Å². The number of nitrogens with zero attached hydrogens (tertiary/aromatic N) is 4. The molecule has 2 atom stereocenters. The minimum atomic E-state index is 0. The van der Waals surface area contributed by atoms with Crippen molar-refractivity contribution in [3.8, 4) is 5.75 Å². The molecule has 2 aromatic rings. The zero-order valence-corrected chi connectivity index (χ0v) is 21.1. The van der Waals surface area contributed by atoms with E-state index in [4.69, 9.17) is 4.74 Å². The van der Waals surface area contributed by atoms with Gasteiger partial charge in [-0.25, -0.2) is 4.98 Å². The Bertz CT molecular complexity index is 802. The minimum Gasteiger partial charge on any atom is -0.490 e. The van der Waals surface area contributed by atoms with Gasteiger partial charge < -0.3 is 19.5 Å². The van der Waals surface area contributed by atoms with Crippen LogP contribution >= 0.6 is 24.0 Å². The van der Waals surface area contributed by atoms with Crippen molar-refractivity contribution in [3.63, 3.8) is 0 Å². The summed E-state index contributed by atoms with van der Waals surface area (Å²) >= 11 is 0. The number of nitrogens with one attached hydrogen (secondary N) is 1. The van der Waals surface area contributed by atoms with Gasteiger partial charge >= 0.3 is 0 Å². The fraction of sp³-hybridized carbons (Fsp3) is 0.583. The molecule has 0 spiro atoms. The van der Waals surface area contributed by atoms with E-state index in [1.54, 1.807) is 0 Å². The van der Waals surface area contributed by atoms with Crippen LogP contribution in [0.4, 0.5) is 0 Å². The zero-order valence-electron chi connectivity index (χ0n) is 18.7. The molecule has 1 saturated heterocycles. The normalized spacial score (nSPS) is 22.3. The average molecular weight is 537 g/mol. The van der Waals surface area contributed by atoms with Gasteiger partial charge in [0.05, 0.1) is 18.5 Å². The maximum absolute atomic E-state index is 6.07. The first-order valence-electron chi connectivity index (χ1n) is 11.4. The monoisotopic (exact) mass is 537 g/mol. The van der Waals surface area contributed by atoms with Crippen LogP contribution in [0.15, 0.2) is 48.0 Å². The van der Waals surface area contributed by atoms with E-state index in [0.29, 0.717) is 18.1 Å². The average Bonchev–Trinajstić information content (AvgIpc) is 3.47. The van der Waals surface area contributed by atoms with Gasteiger partial charge in [0.15, 0.2) is 5.96 Å². The Labute approximate surface area is 203 Å². The molecule has 2 fully saturated rings. The quantitative estimate of drug-likeness (QED) is 0.335. The molecule has 31 heavy (non-hydrogen) atoms. The van der Waals surface area contributed by atoms with E-state index in [1.807, 2.05) is 19.6 Å². The third-order valence-corrected chi connectivity index (χ3v) is 6.56. The first-order chi connectivity index (χ1) is 14.7. The van der Waals surface area contributed by atoms with Crippen LogP contribution < -0.4 is 10.1 Å². The van der Waals surface area contributed by atoms with Gasteiger partial charge in [-0.15, -0.1) is 24.0 Å². The predicted molar refractivity (Wildman–Crippen MR) is 136 cm³/mol. The number of piperidine rings is 1. The molecule has 1 saturated carbocycles. The number of guanidine groups is 1. The maximum atomic E-state index is 6.07. The van der Waals surface area contributed by atoms with E-state index in [-0.39, 0.29) is 24.0 Å². The number of likely N-dealkylation sites (tertiary alicyclic amines) is 1. The number of aromatic nitrogens is 2. The summed E-state index contributed by atoms with van der Waals surface area (Å²) in [4.78, 5) is 11.1. The fourth-order valence-electron chi connectivity index (χ4n) is 4.68. The Kier molecular flexibility index (Phi) is 9.04. The Morgan fingerprint density at radius 3 is 2.65 bits per heavy atom. The summed E-state index contributed by atoms with van der Waals surface area (Å²) in [6, 6.07) is 9.04. The second kappa shape index (κ2) is 11.7. The lowest BCUT2D eigenvalue weighted by atomic mass is 9.93. The third kappa shape index (κ3) is 6.37. The van der Waals surface area contributed by atoms with Crippen molar-refractivity contribution in [2.45, 2.75) is 57.6 Å². The number of hydrogen-bond acceptors (Lipinski definition) is 3. The van der Waals surface area contributed by atoms with Gasteiger partial charge in [-0.05, 0) is 62.1 Å². The molecule has 1 N–H and O–H groups in total. The lowest BCUT2D eigenvalue weighted by molar-refractivity contribution is 0.189. The molecule has 2 heterocycles. The Balaban J connectivity index is 0.00000272. The molecule has 0 amide bonds. The maximum Gasteiger partial charge on any atom is 0.193 e. The molecular formula is C24H36IN5O. The van der Waals surface area contributed by atoms with E-state index < -0.39 is 0 Å². The van der Waals surface area contributed by atoms with Gasteiger partial charge in [-0.2, -0.15) is 0 Å². The highest BCUT2D eigenvalue weighted by Crippen LogP contribution is 2.27. The van der Waals surface area contributed by atoms with Crippen LogP contribution in [0, 0.1) is 5.92 Å². The predicted octanol–water partition coefficient (Wildman–Crippen LogP) is 4.52. The molecule has 1 aliphatic heterocycles. The van der Waals surface area contributed by atoms with Crippen LogP contribution in [0.1, 0.15) is 50.6 Å². The molecule has 4 rings (SSSR count). The first kappa shape index (κ1) is 23.9. The molecule has 2 aliphatic rings. The van der Waals surface area contributed by atoms with Crippen LogP contribution in [0.2, 0.25) is 0 Å². The van der Waals surface area contributed by atoms with Gasteiger partial charge in [0.2, 0.25) is 0 Å². The Hall–Kier alpha value is -1.77. The number of hydrogen-bond donors (Lipinski definition) is 1. The van der Waals surface area contributed by atoms with Crippen molar-refractivity contribution in [2.75, 3.05) is 26.7 Å². The van der Waals surface area contributed by atoms with Crippen molar-refractivity contribution in [2.24, 2.45) is 10.9 Å². The molecule has 170 valence electrons. The van der Waals surface area contributed by atoms with Crippen molar-refractivity contribution in [3.05, 3.63) is 48.5 Å². The van der Waals surface area contributed by atoms with Gasteiger partial charge in [-0.1, -0.05) is 19.1 Å². The highest BCUT2D eigenvalue weighted by molar-refractivity contribution is 14.0. The fourth-order valence-corrected chi connectivity index (χ4v) is 4.68. The second-order valence-electron chi connectivity index (χ2n) is 8.68. The summed E-state index contributed by atoms with van der Waals surface area (Å²) in [7, 11) is 1.88. The highest BCUT2D eigenvalue weighted by Gasteiger charge is 2.28. The van der Waals surface area contributed by atoms with E-state index >= 15 is 0 Å². The smallest absolute Gasteiger partial charge is 0.193 e. The summed E-state index contributed by atoms with van der Waals surface area (Å²) < 4.78 is 8.31. The standard InChI is InChI=1S/C24H35N5O.HI/c1-19-12-15-28(17-23(19)29-16-14-26-18-29)24(25-2)27-13-11-20-7-9-22(10-8-20)30-21-5-3-4-6-21;/h7-10,14,16,18-19,21,23H,3-6,11-13,15,17H2,1-2H3,(H,25,27);1H. The molecular weight excluding hydrogens is 501 g/mol. The van der Waals surface area contributed by atoms with E-state index in [2.05, 4.69) is 62.1 Å². The first-order valence-corrected chi connectivity index (χ1v) is 11.4. The SMILES string of the molecule is CN=C(NCCc1ccc(OC2CCCC2)cc1)N1CCC(C)C(n2ccnc2)C1.I. The van der Waals surface area contributed by atoms with Crippen LogP contribution in [0.3, 0.4) is 0 Å². The molecule has 2 unspecified atom stereocenters. The summed E-state index contributed by atoms with van der Waals surface area (Å²) in [5, 5.41) is 3.56. The van der Waals surface area contributed by atoms with E-state index in [9.17, 15) is 0 Å². The third-order valence-electron chi connectivity index (χ3n) is 6.56. The lowest BCUT2D eigenvalue weighted by Gasteiger charge is -2.39. The molecule has 6 nitrogen and oxygen atoms in total. The largest absolute Gasteiger partial charge is 0.490 e. The topological polar surface area (TPSA) is 54.7 Å². The van der Waals surface area contributed by atoms with Gasteiger partial charge in [0, 0.05) is 39.1 Å². The molecule has 0 radical (unpaired) electrons. The highest BCUT2D eigenvalue weighted by atomic mass is 127. The molecule has 1 aromatic heterocycles. The minimum absolute atomic E-state index is 0. The molecule has 1 aliphatic carbocycles. The number of halogens is 1. The van der Waals surface area contributed by atoms with Gasteiger partial charge in [0.25, 0.3) is 0 Å². The number of benzene rings is 1. The van der Waals surface area contributed by atoms with Crippen LogP contribution in [0.5, 0.6) is 5.75 Å². The molecule has 0 bridgehead atoms. The summed E-state index contributed by atoms with van der Waals surface area (Å²) in [6.07, 6.45) is 13.4. The summed E-state index contributed by atoms with van der Waals surface area (Å²) in [5.41, 5.74) is 1.32. The summed E-state index contributed by atoms with van der Waals surface area (Å²) in [5.74, 6) is 2.63. The van der Waals surface area contributed by atoms with E-state index in [0.717, 1.165) is 44.2 Å². The molecule has 7 heteroatoms. The van der Waals surface area contributed by atoms with Crippen molar-refractivity contribution < 1.29 is 4.74 Å². The number of ether oxygens (including phenoxy) is 1. The van der Waals surface area contributed by atoms with E-state index in [1.165, 1.54) is 31.2 Å². The second-order valence-corrected chi connectivity index (χ2v) is 8.68. The number of imidazole rings is 1. The van der Waals surface area contributed by atoms with Gasteiger partial charge in [0.1, 0.15) is 5.75 Å². The number of rotatable bonds is 6. The van der Waals surface area contributed by atoms with Crippen LogP contribution in [-0.4, -0.2) is 53.2 Å². The van der Waals surface area contributed by atoms with Crippen molar-refractivity contribution >= 4 is 29.9 Å². The number of aliphatic imine (C=N–C) groups is 1. The molecule has 1 aromatic carbocycles. The zero-order chi connectivity index (χ0) is 20.8. The van der Waals surface area contributed by atoms with Crippen molar-refractivity contribution in [1.82, 2.24) is 19.8 Å². The van der Waals surface area contributed by atoms with Crippen LogP contribution in [-0.2, 0) is 6.42 Å². The lowest BCUT2D eigenvalue weighted by Crippen LogP contribution is -2.49. The Morgan fingerprint density at radius 1 is 1.19 bits per heavy atom.